The minimum Gasteiger partial charge on any atom is -0.323 e. The van der Waals surface area contributed by atoms with E-state index in [1.54, 1.807) is 6.07 Å². The topological polar surface area (TPSA) is 52.6 Å². The summed E-state index contributed by atoms with van der Waals surface area (Å²) in [7, 11) is 1.88. The Kier molecular flexibility index (Phi) is 6.00. The van der Waals surface area contributed by atoms with Crippen molar-refractivity contribution in [3.8, 4) is 0 Å². The van der Waals surface area contributed by atoms with Crippen molar-refractivity contribution in [2.45, 2.75) is 58.5 Å². The SMILES string of the molecule is CN(Cc1ccc(Cl)c(Cl)c1)CN1C(=O)NC2(CCC(C(C)(C)C)CC2)C1=O. The maximum atomic E-state index is 13.1. The van der Waals surface area contributed by atoms with Crippen LogP contribution in [0.4, 0.5) is 4.79 Å². The molecule has 1 N–H and O–H groups in total. The molecule has 154 valence electrons. The van der Waals surface area contributed by atoms with E-state index in [1.807, 2.05) is 24.1 Å². The third-order valence-electron chi connectivity index (χ3n) is 6.13. The minimum atomic E-state index is -0.719. The quantitative estimate of drug-likeness (QED) is 0.697. The lowest BCUT2D eigenvalue weighted by Crippen LogP contribution is -2.51. The van der Waals surface area contributed by atoms with Crippen molar-refractivity contribution in [3.05, 3.63) is 33.8 Å². The number of imide groups is 1. The summed E-state index contributed by atoms with van der Waals surface area (Å²) in [6, 6.07) is 5.16. The number of nitrogens with one attached hydrogen (secondary N) is 1. The molecule has 0 aromatic heterocycles. The summed E-state index contributed by atoms with van der Waals surface area (Å²) in [6.07, 6.45) is 3.35. The molecule has 0 unspecified atom stereocenters. The first-order valence-corrected chi connectivity index (χ1v) is 10.5. The molecule has 3 amide bonds. The number of carbonyl (C=O) groups is 2. The fourth-order valence-corrected chi connectivity index (χ4v) is 4.68. The number of urea groups is 1. The number of amides is 3. The van der Waals surface area contributed by atoms with Gasteiger partial charge in [-0.2, -0.15) is 0 Å². The highest BCUT2D eigenvalue weighted by Gasteiger charge is 2.53. The van der Waals surface area contributed by atoms with Crippen LogP contribution in [0.1, 0.15) is 52.0 Å². The number of nitrogens with zero attached hydrogens (tertiary/aromatic N) is 2. The second-order valence-corrected chi connectivity index (χ2v) is 10.1. The van der Waals surface area contributed by atoms with E-state index in [0.717, 1.165) is 18.4 Å². The van der Waals surface area contributed by atoms with E-state index in [1.165, 1.54) is 4.90 Å². The average Bonchev–Trinajstić information content (AvgIpc) is 2.82. The molecule has 1 aromatic rings. The summed E-state index contributed by atoms with van der Waals surface area (Å²) < 4.78 is 0. The van der Waals surface area contributed by atoms with Crippen molar-refractivity contribution in [2.24, 2.45) is 11.3 Å². The zero-order valence-corrected chi connectivity index (χ0v) is 18.5. The maximum Gasteiger partial charge on any atom is 0.326 e. The molecule has 1 spiro atoms. The summed E-state index contributed by atoms with van der Waals surface area (Å²) in [5, 5.41) is 4.01. The molecule has 1 aliphatic heterocycles. The van der Waals surface area contributed by atoms with Crippen LogP contribution in [0.5, 0.6) is 0 Å². The van der Waals surface area contributed by atoms with Gasteiger partial charge in [0.15, 0.2) is 0 Å². The molecule has 2 fully saturated rings. The number of rotatable bonds is 4. The van der Waals surface area contributed by atoms with E-state index in [0.29, 0.717) is 35.3 Å². The van der Waals surface area contributed by atoms with E-state index in [2.05, 4.69) is 26.1 Å². The van der Waals surface area contributed by atoms with Gasteiger partial charge in [0.05, 0.1) is 16.7 Å². The van der Waals surface area contributed by atoms with Gasteiger partial charge in [-0.3, -0.25) is 9.69 Å². The van der Waals surface area contributed by atoms with E-state index in [4.69, 9.17) is 23.2 Å². The normalized spacial score (nSPS) is 25.7. The van der Waals surface area contributed by atoms with Crippen molar-refractivity contribution < 1.29 is 9.59 Å². The first-order chi connectivity index (χ1) is 13.0. The van der Waals surface area contributed by atoms with Crippen LogP contribution in [-0.4, -0.2) is 41.0 Å². The Morgan fingerprint density at radius 2 is 1.82 bits per heavy atom. The highest BCUT2D eigenvalue weighted by molar-refractivity contribution is 6.42. The van der Waals surface area contributed by atoms with Crippen LogP contribution in [0.15, 0.2) is 18.2 Å². The van der Waals surface area contributed by atoms with E-state index < -0.39 is 5.54 Å². The lowest BCUT2D eigenvalue weighted by Gasteiger charge is -2.40. The number of hydrogen-bond acceptors (Lipinski definition) is 3. The van der Waals surface area contributed by atoms with Crippen LogP contribution in [0.3, 0.4) is 0 Å². The van der Waals surface area contributed by atoms with Crippen molar-refractivity contribution >= 4 is 35.1 Å². The van der Waals surface area contributed by atoms with Gasteiger partial charge < -0.3 is 5.32 Å². The predicted molar refractivity (Wildman–Crippen MR) is 112 cm³/mol. The summed E-state index contributed by atoms with van der Waals surface area (Å²) in [5.74, 6) is 0.486. The Morgan fingerprint density at radius 1 is 1.18 bits per heavy atom. The molecule has 0 bridgehead atoms. The van der Waals surface area contributed by atoms with Crippen LogP contribution in [0, 0.1) is 11.3 Å². The fourth-order valence-electron chi connectivity index (χ4n) is 4.36. The lowest BCUT2D eigenvalue weighted by molar-refractivity contribution is -0.134. The molecular weight excluding hydrogens is 397 g/mol. The second-order valence-electron chi connectivity index (χ2n) is 9.29. The Balaban J connectivity index is 1.63. The van der Waals surface area contributed by atoms with Gasteiger partial charge in [0.2, 0.25) is 0 Å². The molecule has 1 saturated heterocycles. The molecular formula is C21H29Cl2N3O2. The third-order valence-corrected chi connectivity index (χ3v) is 6.87. The molecule has 1 aromatic carbocycles. The zero-order valence-electron chi connectivity index (χ0n) is 17.0. The molecule has 5 nitrogen and oxygen atoms in total. The first kappa shape index (κ1) is 21.4. The van der Waals surface area contributed by atoms with E-state index >= 15 is 0 Å². The molecule has 1 heterocycles. The van der Waals surface area contributed by atoms with Crippen molar-refractivity contribution in [1.82, 2.24) is 15.1 Å². The Labute approximate surface area is 177 Å². The highest BCUT2D eigenvalue weighted by atomic mass is 35.5. The van der Waals surface area contributed by atoms with Crippen LogP contribution >= 0.6 is 23.2 Å². The molecule has 0 radical (unpaired) electrons. The summed E-state index contributed by atoms with van der Waals surface area (Å²) in [6.45, 7) is 7.54. The average molecular weight is 426 g/mol. The molecule has 3 rings (SSSR count). The predicted octanol–water partition coefficient (Wildman–Crippen LogP) is 4.91. The van der Waals surface area contributed by atoms with Gasteiger partial charge in [0.1, 0.15) is 5.54 Å². The summed E-state index contributed by atoms with van der Waals surface area (Å²) in [4.78, 5) is 28.9. The molecule has 1 saturated carbocycles. The number of benzene rings is 1. The molecule has 7 heteroatoms. The number of halogens is 2. The zero-order chi connectivity index (χ0) is 20.7. The van der Waals surface area contributed by atoms with Crippen LogP contribution in [0.25, 0.3) is 0 Å². The number of carbonyl (C=O) groups excluding carboxylic acids is 2. The van der Waals surface area contributed by atoms with Crippen LogP contribution in [0.2, 0.25) is 10.0 Å². The van der Waals surface area contributed by atoms with E-state index in [-0.39, 0.29) is 24.0 Å². The third kappa shape index (κ3) is 4.32. The molecule has 0 atom stereocenters. The minimum absolute atomic E-state index is 0.0918. The van der Waals surface area contributed by atoms with Crippen LogP contribution in [-0.2, 0) is 11.3 Å². The highest BCUT2D eigenvalue weighted by Crippen LogP contribution is 2.43. The van der Waals surface area contributed by atoms with Gasteiger partial charge >= 0.3 is 6.03 Å². The second kappa shape index (κ2) is 7.85. The standard InChI is InChI=1S/C21H29Cl2N3O2/c1-20(2,3)15-7-9-21(10-8-15)18(27)26(19(28)24-21)13-25(4)12-14-5-6-16(22)17(23)11-14/h5-6,11,15H,7-10,12-13H2,1-4H3,(H,24,28). The van der Waals surface area contributed by atoms with Gasteiger partial charge in [-0.1, -0.05) is 50.0 Å². The fraction of sp³-hybridized carbons (Fsp3) is 0.619. The van der Waals surface area contributed by atoms with Gasteiger partial charge in [-0.15, -0.1) is 0 Å². The van der Waals surface area contributed by atoms with Gasteiger partial charge in [-0.05, 0) is 61.8 Å². The van der Waals surface area contributed by atoms with Crippen molar-refractivity contribution in [3.63, 3.8) is 0 Å². The summed E-state index contributed by atoms with van der Waals surface area (Å²) >= 11 is 12.0. The lowest BCUT2D eigenvalue weighted by atomic mass is 9.67. The summed E-state index contributed by atoms with van der Waals surface area (Å²) in [5.41, 5.74) is 0.486. The maximum absolute atomic E-state index is 13.1. The van der Waals surface area contributed by atoms with Crippen LogP contribution < -0.4 is 5.32 Å². The Morgan fingerprint density at radius 3 is 2.39 bits per heavy atom. The largest absolute Gasteiger partial charge is 0.326 e. The van der Waals surface area contributed by atoms with Gasteiger partial charge in [-0.25, -0.2) is 9.69 Å². The smallest absolute Gasteiger partial charge is 0.323 e. The first-order valence-electron chi connectivity index (χ1n) is 9.78. The van der Waals surface area contributed by atoms with Crippen molar-refractivity contribution in [2.75, 3.05) is 13.7 Å². The van der Waals surface area contributed by atoms with Gasteiger partial charge in [0, 0.05) is 6.54 Å². The van der Waals surface area contributed by atoms with Crippen molar-refractivity contribution in [1.29, 1.82) is 0 Å². The monoisotopic (exact) mass is 425 g/mol. The van der Waals surface area contributed by atoms with E-state index in [9.17, 15) is 9.59 Å². The number of hydrogen-bond donors (Lipinski definition) is 1. The Hall–Kier alpha value is -1.30. The molecule has 1 aliphatic carbocycles. The van der Waals surface area contributed by atoms with Gasteiger partial charge in [0.25, 0.3) is 5.91 Å². The molecule has 28 heavy (non-hydrogen) atoms. The molecule has 2 aliphatic rings. The Bertz CT molecular complexity index is 767.